The Hall–Kier alpha value is -1.58. The first-order valence-electron chi connectivity index (χ1n) is 3.42. The molecule has 1 rings (SSSR count). The van der Waals surface area contributed by atoms with Crippen molar-refractivity contribution in [3.63, 3.8) is 0 Å². The van der Waals surface area contributed by atoms with Gasteiger partial charge < -0.3 is 9.47 Å². The molecule has 1 heterocycles. The second-order valence-electron chi connectivity index (χ2n) is 2.10. The topological polar surface area (TPSA) is 48.4 Å². The number of methoxy groups -OCH3 is 1. The summed E-state index contributed by atoms with van der Waals surface area (Å²) in [6, 6.07) is 3.53. The number of carbonyl (C=O) groups excluding carboxylic acids is 1. The van der Waals surface area contributed by atoms with Crippen LogP contribution in [0.2, 0.25) is 0 Å². The van der Waals surface area contributed by atoms with Crippen LogP contribution in [-0.2, 0) is 16.1 Å². The maximum Gasteiger partial charge on any atom is 0.508 e. The van der Waals surface area contributed by atoms with Crippen LogP contribution in [-0.4, -0.2) is 18.2 Å². The minimum absolute atomic E-state index is 0.217. The lowest BCUT2D eigenvalue weighted by atomic mass is 10.3. The van der Waals surface area contributed by atoms with Gasteiger partial charge in [-0.15, -0.1) is 0 Å². The maximum absolute atomic E-state index is 10.5. The molecule has 0 bridgehead atoms. The van der Waals surface area contributed by atoms with Crippen LogP contribution in [0.15, 0.2) is 24.5 Å². The lowest BCUT2D eigenvalue weighted by Gasteiger charge is -2.01. The van der Waals surface area contributed by atoms with Gasteiger partial charge in [0.05, 0.1) is 7.11 Å². The van der Waals surface area contributed by atoms with Gasteiger partial charge in [0, 0.05) is 12.4 Å². The molecule has 4 heteroatoms. The molecule has 1 aromatic heterocycles. The SMILES string of the molecule is COC(=O)OCc1ccncc1. The zero-order valence-electron chi connectivity index (χ0n) is 6.69. The van der Waals surface area contributed by atoms with E-state index in [1.165, 1.54) is 7.11 Å². The van der Waals surface area contributed by atoms with Crippen molar-refractivity contribution in [1.82, 2.24) is 4.98 Å². The Bertz CT molecular complexity index is 248. The maximum atomic E-state index is 10.5. The normalized spacial score (nSPS) is 9.08. The monoisotopic (exact) mass is 167 g/mol. The molecule has 0 saturated heterocycles. The van der Waals surface area contributed by atoms with Gasteiger partial charge in [0.1, 0.15) is 6.61 Å². The van der Waals surface area contributed by atoms with Crippen LogP contribution in [0.3, 0.4) is 0 Å². The number of rotatable bonds is 2. The van der Waals surface area contributed by atoms with E-state index in [2.05, 4.69) is 14.5 Å². The highest BCUT2D eigenvalue weighted by molar-refractivity contribution is 5.59. The summed E-state index contributed by atoms with van der Waals surface area (Å²) >= 11 is 0. The van der Waals surface area contributed by atoms with Gasteiger partial charge in [0.25, 0.3) is 0 Å². The molecule has 1 aromatic rings. The first-order valence-corrected chi connectivity index (χ1v) is 3.42. The van der Waals surface area contributed by atoms with Crippen molar-refractivity contribution in [3.8, 4) is 0 Å². The van der Waals surface area contributed by atoms with E-state index in [-0.39, 0.29) is 6.61 Å². The average Bonchev–Trinajstić information content (AvgIpc) is 2.16. The first-order chi connectivity index (χ1) is 5.83. The van der Waals surface area contributed by atoms with E-state index in [0.717, 1.165) is 5.56 Å². The number of nitrogens with zero attached hydrogens (tertiary/aromatic N) is 1. The minimum Gasteiger partial charge on any atom is -0.438 e. The van der Waals surface area contributed by atoms with Gasteiger partial charge in [0.2, 0.25) is 0 Å². The summed E-state index contributed by atoms with van der Waals surface area (Å²) in [5.74, 6) is 0. The minimum atomic E-state index is -0.674. The third-order valence-electron chi connectivity index (χ3n) is 1.27. The van der Waals surface area contributed by atoms with Crippen molar-refractivity contribution in [3.05, 3.63) is 30.1 Å². The van der Waals surface area contributed by atoms with Crippen LogP contribution >= 0.6 is 0 Å². The summed E-state index contributed by atoms with van der Waals surface area (Å²) in [6.07, 6.45) is 2.60. The zero-order valence-corrected chi connectivity index (χ0v) is 6.69. The molecule has 0 aliphatic rings. The molecule has 4 nitrogen and oxygen atoms in total. The molecule has 0 radical (unpaired) electrons. The highest BCUT2D eigenvalue weighted by atomic mass is 16.7. The number of pyridine rings is 1. The van der Waals surface area contributed by atoms with E-state index in [4.69, 9.17) is 0 Å². The smallest absolute Gasteiger partial charge is 0.438 e. The van der Waals surface area contributed by atoms with Crippen LogP contribution in [0.1, 0.15) is 5.56 Å². The van der Waals surface area contributed by atoms with E-state index >= 15 is 0 Å². The van der Waals surface area contributed by atoms with Gasteiger partial charge in [-0.25, -0.2) is 4.79 Å². The Labute approximate surface area is 70.1 Å². The Morgan fingerprint density at radius 2 is 2.17 bits per heavy atom. The second kappa shape index (κ2) is 4.33. The number of aromatic nitrogens is 1. The Kier molecular flexibility index (Phi) is 3.07. The van der Waals surface area contributed by atoms with E-state index in [9.17, 15) is 4.79 Å². The largest absolute Gasteiger partial charge is 0.508 e. The van der Waals surface area contributed by atoms with Gasteiger partial charge in [0.15, 0.2) is 0 Å². The molecular weight excluding hydrogens is 158 g/mol. The van der Waals surface area contributed by atoms with E-state index in [1.54, 1.807) is 24.5 Å². The molecule has 64 valence electrons. The third-order valence-corrected chi connectivity index (χ3v) is 1.27. The predicted molar refractivity (Wildman–Crippen MR) is 41.4 cm³/mol. The van der Waals surface area contributed by atoms with Gasteiger partial charge in [-0.1, -0.05) is 0 Å². The number of ether oxygens (including phenoxy) is 2. The molecule has 0 N–H and O–H groups in total. The van der Waals surface area contributed by atoms with E-state index in [0.29, 0.717) is 0 Å². The molecule has 0 aliphatic heterocycles. The van der Waals surface area contributed by atoms with Gasteiger partial charge in [-0.05, 0) is 17.7 Å². The molecule has 0 saturated carbocycles. The molecule has 0 spiro atoms. The zero-order chi connectivity index (χ0) is 8.81. The molecule has 0 fully saturated rings. The predicted octanol–water partition coefficient (Wildman–Crippen LogP) is 1.36. The van der Waals surface area contributed by atoms with Crippen molar-refractivity contribution in [1.29, 1.82) is 0 Å². The first kappa shape index (κ1) is 8.52. The average molecular weight is 167 g/mol. The van der Waals surface area contributed by atoms with E-state index < -0.39 is 6.16 Å². The number of hydrogen-bond donors (Lipinski definition) is 0. The molecule has 0 aliphatic carbocycles. The van der Waals surface area contributed by atoms with Crippen LogP contribution in [0.25, 0.3) is 0 Å². The third kappa shape index (κ3) is 2.57. The molecule has 0 atom stereocenters. The Morgan fingerprint density at radius 1 is 1.50 bits per heavy atom. The molecule has 0 aromatic carbocycles. The highest BCUT2D eigenvalue weighted by Gasteiger charge is 1.99. The fourth-order valence-electron chi connectivity index (χ4n) is 0.680. The molecule has 12 heavy (non-hydrogen) atoms. The summed E-state index contributed by atoms with van der Waals surface area (Å²) in [4.78, 5) is 14.3. The number of hydrogen-bond acceptors (Lipinski definition) is 4. The standard InChI is InChI=1S/C8H9NO3/c1-11-8(10)12-6-7-2-4-9-5-3-7/h2-5H,6H2,1H3. The van der Waals surface area contributed by atoms with Crippen molar-refractivity contribution < 1.29 is 14.3 Å². The van der Waals surface area contributed by atoms with Crippen LogP contribution in [0.5, 0.6) is 0 Å². The van der Waals surface area contributed by atoms with Gasteiger partial charge >= 0.3 is 6.16 Å². The summed E-state index contributed by atoms with van der Waals surface area (Å²) in [6.45, 7) is 0.217. The lowest BCUT2D eigenvalue weighted by Crippen LogP contribution is -2.03. The van der Waals surface area contributed by atoms with Crippen LogP contribution in [0.4, 0.5) is 4.79 Å². The fraction of sp³-hybridized carbons (Fsp3) is 0.250. The Morgan fingerprint density at radius 3 is 2.75 bits per heavy atom. The van der Waals surface area contributed by atoms with Crippen molar-refractivity contribution in [2.75, 3.05) is 7.11 Å². The quantitative estimate of drug-likeness (QED) is 0.624. The van der Waals surface area contributed by atoms with Gasteiger partial charge in [-0.2, -0.15) is 0 Å². The van der Waals surface area contributed by atoms with Crippen molar-refractivity contribution in [2.24, 2.45) is 0 Å². The molecule has 0 unspecified atom stereocenters. The summed E-state index contributed by atoms with van der Waals surface area (Å²) in [7, 11) is 1.27. The summed E-state index contributed by atoms with van der Waals surface area (Å²) in [5.41, 5.74) is 0.885. The summed E-state index contributed by atoms with van der Waals surface area (Å²) < 4.78 is 8.98. The summed E-state index contributed by atoms with van der Waals surface area (Å²) in [5, 5.41) is 0. The highest BCUT2D eigenvalue weighted by Crippen LogP contribution is 1.99. The van der Waals surface area contributed by atoms with Crippen LogP contribution < -0.4 is 0 Å². The van der Waals surface area contributed by atoms with E-state index in [1.807, 2.05) is 0 Å². The second-order valence-corrected chi connectivity index (χ2v) is 2.10. The lowest BCUT2D eigenvalue weighted by molar-refractivity contribution is 0.0669. The molecule has 0 amide bonds. The Balaban J connectivity index is 2.38. The van der Waals surface area contributed by atoms with Crippen molar-refractivity contribution in [2.45, 2.75) is 6.61 Å². The van der Waals surface area contributed by atoms with Crippen molar-refractivity contribution >= 4 is 6.16 Å². The molecular formula is C8H9NO3. The van der Waals surface area contributed by atoms with Gasteiger partial charge in [-0.3, -0.25) is 4.98 Å². The van der Waals surface area contributed by atoms with Crippen LogP contribution in [0, 0.1) is 0 Å². The number of carbonyl (C=O) groups is 1. The fourth-order valence-corrected chi connectivity index (χ4v) is 0.680.